The number of benzene rings is 1. The fourth-order valence-electron chi connectivity index (χ4n) is 7.62. The quantitative estimate of drug-likeness (QED) is 0.360. The Bertz CT molecular complexity index is 1360. The summed E-state index contributed by atoms with van der Waals surface area (Å²) in [5.74, 6) is -4.93. The van der Waals surface area contributed by atoms with E-state index in [1.807, 2.05) is 11.9 Å². The molecule has 0 unspecified atom stereocenters. The van der Waals surface area contributed by atoms with Crippen LogP contribution in [0.5, 0.6) is 5.75 Å². The van der Waals surface area contributed by atoms with Crippen LogP contribution >= 0.6 is 0 Å². The first-order valence-corrected chi connectivity index (χ1v) is 13.8. The van der Waals surface area contributed by atoms with Gasteiger partial charge in [-0.15, -0.1) is 0 Å². The number of nitrogens with zero attached hydrogens (tertiary/aromatic N) is 2. The average Bonchev–Trinajstić information content (AvgIpc) is 3.36. The lowest BCUT2D eigenvalue weighted by molar-refractivity contribution is -0.143. The first-order valence-electron chi connectivity index (χ1n) is 13.8. The van der Waals surface area contributed by atoms with Gasteiger partial charge < -0.3 is 31.1 Å². The van der Waals surface area contributed by atoms with Crippen molar-refractivity contribution in [2.45, 2.75) is 56.7 Å². The number of aliphatic hydroxyl groups excluding tert-OH is 2. The molecule has 1 amide bonds. The summed E-state index contributed by atoms with van der Waals surface area (Å²) >= 11 is 0. The number of primary amides is 1. The van der Waals surface area contributed by atoms with E-state index in [9.17, 15) is 30.0 Å². The molecule has 0 aliphatic heterocycles. The first kappa shape index (κ1) is 28.3. The number of rotatable bonds is 6. The number of carbonyl (C=O) groups excluding carboxylic acids is 2. The summed E-state index contributed by atoms with van der Waals surface area (Å²) in [7, 11) is 5.18. The molecule has 0 spiro atoms. The Labute approximate surface area is 233 Å². The Balaban J connectivity index is 1.56. The number of phenols is 1. The van der Waals surface area contributed by atoms with Crippen molar-refractivity contribution in [3.8, 4) is 5.75 Å². The van der Waals surface area contributed by atoms with Crippen LogP contribution in [0.2, 0.25) is 0 Å². The molecule has 40 heavy (non-hydrogen) atoms. The summed E-state index contributed by atoms with van der Waals surface area (Å²) in [6.45, 7) is 4.86. The van der Waals surface area contributed by atoms with E-state index in [0.717, 1.165) is 19.4 Å². The summed E-state index contributed by atoms with van der Waals surface area (Å²) in [5, 5.41) is 45.1. The second-order valence-electron chi connectivity index (χ2n) is 12.2. The number of ketones is 1. The van der Waals surface area contributed by atoms with Crippen LogP contribution in [0.4, 0.5) is 4.39 Å². The molecule has 216 valence electrons. The molecule has 0 saturated heterocycles. The molecular weight excluding hydrogens is 517 g/mol. The van der Waals surface area contributed by atoms with Crippen molar-refractivity contribution >= 4 is 17.4 Å². The highest BCUT2D eigenvalue weighted by Crippen LogP contribution is 2.54. The van der Waals surface area contributed by atoms with E-state index in [1.54, 1.807) is 19.0 Å². The lowest BCUT2D eigenvalue weighted by Gasteiger charge is -2.52. The number of amides is 1. The maximum absolute atomic E-state index is 16.0. The number of halogens is 1. The number of nitrogens with two attached hydrogens (primary N) is 1. The number of hydrogen-bond donors (Lipinski definition) is 5. The first-order chi connectivity index (χ1) is 18.8. The fraction of sp³-hybridized carbons (Fsp3) is 0.533. The Morgan fingerprint density at radius 1 is 1.20 bits per heavy atom. The van der Waals surface area contributed by atoms with Gasteiger partial charge in [-0.25, -0.2) is 4.39 Å². The molecule has 2 saturated carbocycles. The predicted octanol–water partition coefficient (Wildman–Crippen LogP) is 2.71. The normalized spacial score (nSPS) is 28.8. The van der Waals surface area contributed by atoms with Gasteiger partial charge in [-0.2, -0.15) is 0 Å². The van der Waals surface area contributed by atoms with Gasteiger partial charge in [0.2, 0.25) is 0 Å². The summed E-state index contributed by atoms with van der Waals surface area (Å²) in [6, 6.07) is 0.329. The molecule has 1 aromatic carbocycles. The highest BCUT2D eigenvalue weighted by Gasteiger charge is 2.62. The van der Waals surface area contributed by atoms with Crippen molar-refractivity contribution in [1.29, 1.82) is 0 Å². The third kappa shape index (κ3) is 4.15. The third-order valence-electron chi connectivity index (χ3n) is 9.40. The molecular formula is C30H38FN3O6. The molecule has 4 atom stereocenters. The van der Waals surface area contributed by atoms with Gasteiger partial charge in [0.1, 0.15) is 23.1 Å². The van der Waals surface area contributed by atoms with Gasteiger partial charge in [0, 0.05) is 41.3 Å². The minimum absolute atomic E-state index is 0.00635. The van der Waals surface area contributed by atoms with Crippen LogP contribution in [0, 0.1) is 23.6 Å². The SMILES string of the molecule is C=C1C(C(N)=O)=C(O)[C@@H](N(C)C)[C@@H]2C[C@@H]3Cc4c(F)c(CN(C)CC5CCCC5)cc(O)c4C(O)=C3C(=O)[C@]12O. The smallest absolute Gasteiger partial charge is 0.252 e. The Hall–Kier alpha value is -3.21. The molecule has 4 aliphatic rings. The molecule has 0 heterocycles. The van der Waals surface area contributed by atoms with Gasteiger partial charge in [-0.05, 0) is 64.7 Å². The van der Waals surface area contributed by atoms with E-state index in [0.29, 0.717) is 11.5 Å². The zero-order valence-electron chi connectivity index (χ0n) is 23.2. The Kier molecular flexibility index (Phi) is 7.09. The topological polar surface area (TPSA) is 148 Å². The van der Waals surface area contributed by atoms with Crippen LogP contribution < -0.4 is 5.73 Å². The largest absolute Gasteiger partial charge is 0.510 e. The molecule has 0 aromatic heterocycles. The number of aliphatic hydroxyl groups is 3. The zero-order chi connectivity index (χ0) is 29.3. The minimum Gasteiger partial charge on any atom is -0.510 e. The number of phenolic OH excluding ortho intramolecular Hbond substituents is 1. The molecule has 10 heteroatoms. The number of carbonyl (C=O) groups is 2. The average molecular weight is 556 g/mol. The molecule has 0 radical (unpaired) electrons. The number of hydrogen-bond acceptors (Lipinski definition) is 8. The van der Waals surface area contributed by atoms with Crippen LogP contribution in [0.25, 0.3) is 5.76 Å². The highest BCUT2D eigenvalue weighted by atomic mass is 19.1. The summed E-state index contributed by atoms with van der Waals surface area (Å²) in [5.41, 5.74) is 2.46. The van der Waals surface area contributed by atoms with Crippen molar-refractivity contribution in [3.05, 3.63) is 57.6 Å². The van der Waals surface area contributed by atoms with Crippen LogP contribution in [0.15, 0.2) is 35.1 Å². The zero-order valence-corrected chi connectivity index (χ0v) is 23.2. The minimum atomic E-state index is -2.35. The molecule has 5 rings (SSSR count). The molecule has 1 aromatic rings. The molecule has 2 fully saturated rings. The predicted molar refractivity (Wildman–Crippen MR) is 147 cm³/mol. The lowest BCUT2D eigenvalue weighted by atomic mass is 9.56. The van der Waals surface area contributed by atoms with Crippen LogP contribution in [-0.2, 0) is 22.6 Å². The van der Waals surface area contributed by atoms with Crippen LogP contribution in [0.3, 0.4) is 0 Å². The van der Waals surface area contributed by atoms with E-state index in [-0.39, 0.29) is 47.4 Å². The fourth-order valence-corrected chi connectivity index (χ4v) is 7.62. The standard InChI is InChI=1S/C30H38FN3O6/c1-14-21(29(32)39)27(37)25(33(2)3)19-10-16-9-18-23(26(36)22(16)28(38)30(14,19)40)20(35)11-17(24(18)31)13-34(4)12-15-7-5-6-8-15/h11,15-16,19,25,35-37,40H,1,5-10,12-13H2,2-4H3,(H2,32,39)/t16-,19-,25-,30-/m0/s1. The van der Waals surface area contributed by atoms with Crippen molar-refractivity contribution < 1.29 is 34.4 Å². The Morgan fingerprint density at radius 3 is 2.45 bits per heavy atom. The van der Waals surface area contributed by atoms with Gasteiger partial charge in [0.15, 0.2) is 11.4 Å². The van der Waals surface area contributed by atoms with Gasteiger partial charge in [0.05, 0.1) is 17.2 Å². The second kappa shape index (κ2) is 10.0. The van der Waals surface area contributed by atoms with E-state index in [4.69, 9.17) is 5.73 Å². The monoisotopic (exact) mass is 555 g/mol. The van der Waals surface area contributed by atoms with Crippen molar-refractivity contribution in [2.75, 3.05) is 27.7 Å². The second-order valence-corrected chi connectivity index (χ2v) is 12.2. The van der Waals surface area contributed by atoms with Gasteiger partial charge >= 0.3 is 0 Å². The molecule has 6 N–H and O–H groups in total. The summed E-state index contributed by atoms with van der Waals surface area (Å²) in [6.07, 6.45) is 4.79. The van der Waals surface area contributed by atoms with Gasteiger partial charge in [-0.1, -0.05) is 19.4 Å². The number of likely N-dealkylation sites (N-methyl/N-ethyl adjacent to an activating group) is 1. The van der Waals surface area contributed by atoms with Gasteiger partial charge in [-0.3, -0.25) is 14.5 Å². The molecule has 9 nitrogen and oxygen atoms in total. The van der Waals surface area contributed by atoms with Crippen LogP contribution in [0.1, 0.15) is 48.8 Å². The molecule has 0 bridgehead atoms. The van der Waals surface area contributed by atoms with Crippen molar-refractivity contribution in [3.63, 3.8) is 0 Å². The lowest BCUT2D eigenvalue weighted by Crippen LogP contribution is -2.63. The van der Waals surface area contributed by atoms with E-state index >= 15 is 4.39 Å². The van der Waals surface area contributed by atoms with Crippen molar-refractivity contribution in [1.82, 2.24) is 9.80 Å². The van der Waals surface area contributed by atoms with Gasteiger partial charge in [0.25, 0.3) is 5.91 Å². The number of Topliss-reactive ketones (excluding diaryl/α,β-unsaturated/α-hetero) is 1. The highest BCUT2D eigenvalue weighted by molar-refractivity contribution is 6.13. The number of fused-ring (bicyclic) bond motifs is 3. The summed E-state index contributed by atoms with van der Waals surface area (Å²) in [4.78, 5) is 29.8. The van der Waals surface area contributed by atoms with Crippen molar-refractivity contribution in [2.24, 2.45) is 23.5 Å². The third-order valence-corrected chi connectivity index (χ3v) is 9.40. The molecule has 4 aliphatic carbocycles. The summed E-state index contributed by atoms with van der Waals surface area (Å²) < 4.78 is 16.0. The maximum atomic E-state index is 16.0. The van der Waals surface area contributed by atoms with E-state index < -0.39 is 58.1 Å². The Morgan fingerprint density at radius 2 is 1.85 bits per heavy atom. The van der Waals surface area contributed by atoms with E-state index in [1.165, 1.54) is 18.9 Å². The van der Waals surface area contributed by atoms with Crippen LogP contribution in [-0.4, -0.2) is 81.2 Å². The number of aromatic hydroxyl groups is 1. The van der Waals surface area contributed by atoms with E-state index in [2.05, 4.69) is 6.58 Å². The maximum Gasteiger partial charge on any atom is 0.252 e.